The van der Waals surface area contributed by atoms with E-state index in [0.29, 0.717) is 37.3 Å². The lowest BCUT2D eigenvalue weighted by atomic mass is 9.93. The van der Waals surface area contributed by atoms with Gasteiger partial charge in [-0.15, -0.1) is 0 Å². The second kappa shape index (κ2) is 13.1. The van der Waals surface area contributed by atoms with Crippen molar-refractivity contribution in [1.82, 2.24) is 4.90 Å². The molecule has 3 rings (SSSR count). The first kappa shape index (κ1) is 25.7. The molecule has 0 radical (unpaired) electrons. The van der Waals surface area contributed by atoms with E-state index in [0.717, 1.165) is 36.2 Å². The SMILES string of the molecule is O=C[C@H](CC[C@H]1CCC(=O)N1CCSCCCC(=O)O)c1cccc(Oc2cccc(F)c2)c1. The second-order valence-electron chi connectivity index (χ2n) is 8.34. The van der Waals surface area contributed by atoms with Crippen LogP contribution >= 0.6 is 11.8 Å². The van der Waals surface area contributed by atoms with Crippen molar-refractivity contribution in [2.75, 3.05) is 18.1 Å². The summed E-state index contributed by atoms with van der Waals surface area (Å²) in [5.41, 5.74) is 0.828. The van der Waals surface area contributed by atoms with E-state index in [2.05, 4.69) is 0 Å². The molecule has 1 N–H and O–H groups in total. The summed E-state index contributed by atoms with van der Waals surface area (Å²) in [6, 6.07) is 13.3. The van der Waals surface area contributed by atoms with E-state index in [-0.39, 0.29) is 30.1 Å². The maximum absolute atomic E-state index is 13.4. The van der Waals surface area contributed by atoms with Crippen molar-refractivity contribution >= 4 is 29.9 Å². The Hall–Kier alpha value is -2.87. The summed E-state index contributed by atoms with van der Waals surface area (Å²) < 4.78 is 19.2. The Morgan fingerprint density at radius 1 is 1.21 bits per heavy atom. The minimum atomic E-state index is -0.786. The fourth-order valence-corrected chi connectivity index (χ4v) is 5.03. The highest BCUT2D eigenvalue weighted by molar-refractivity contribution is 7.99. The number of aldehydes is 1. The van der Waals surface area contributed by atoms with Gasteiger partial charge in [0.25, 0.3) is 0 Å². The minimum absolute atomic E-state index is 0.112. The van der Waals surface area contributed by atoms with Gasteiger partial charge in [-0.3, -0.25) is 9.59 Å². The van der Waals surface area contributed by atoms with E-state index >= 15 is 0 Å². The molecule has 1 amide bonds. The van der Waals surface area contributed by atoms with Crippen LogP contribution in [0.25, 0.3) is 0 Å². The molecule has 1 aliphatic heterocycles. The number of benzene rings is 2. The number of carboxylic acids is 1. The van der Waals surface area contributed by atoms with E-state index in [4.69, 9.17) is 9.84 Å². The van der Waals surface area contributed by atoms with Gasteiger partial charge in [0.15, 0.2) is 0 Å². The molecule has 2 aromatic carbocycles. The number of thioether (sulfide) groups is 1. The van der Waals surface area contributed by atoms with Crippen molar-refractivity contribution in [3.8, 4) is 11.5 Å². The Morgan fingerprint density at radius 2 is 1.97 bits per heavy atom. The van der Waals surface area contributed by atoms with Crippen molar-refractivity contribution in [2.45, 2.75) is 50.5 Å². The van der Waals surface area contributed by atoms with Gasteiger partial charge < -0.3 is 19.5 Å². The van der Waals surface area contributed by atoms with Crippen molar-refractivity contribution < 1.29 is 28.6 Å². The lowest BCUT2D eigenvalue weighted by Crippen LogP contribution is -2.35. The first-order chi connectivity index (χ1) is 16.5. The van der Waals surface area contributed by atoms with Gasteiger partial charge in [-0.2, -0.15) is 11.8 Å². The van der Waals surface area contributed by atoms with Crippen molar-refractivity contribution in [3.05, 3.63) is 59.9 Å². The average molecular weight is 488 g/mol. The lowest BCUT2D eigenvalue weighted by Gasteiger charge is -2.25. The summed E-state index contributed by atoms with van der Waals surface area (Å²) in [4.78, 5) is 36.7. The Morgan fingerprint density at radius 3 is 2.71 bits per heavy atom. The van der Waals surface area contributed by atoms with Crippen molar-refractivity contribution in [3.63, 3.8) is 0 Å². The molecule has 1 fully saturated rings. The van der Waals surface area contributed by atoms with Crippen LogP contribution in [0.15, 0.2) is 48.5 Å². The number of nitrogens with zero attached hydrogens (tertiary/aromatic N) is 1. The van der Waals surface area contributed by atoms with Crippen LogP contribution in [0.5, 0.6) is 11.5 Å². The first-order valence-electron chi connectivity index (χ1n) is 11.5. The Bertz CT molecular complexity index is 985. The quantitative estimate of drug-likeness (QED) is 0.289. The standard InChI is InChI=1S/C26H30FNO5S/c27-21-5-2-7-24(17-21)33-23-6-1-4-19(16-23)20(18-29)9-10-22-11-12-25(30)28(22)13-15-34-14-3-8-26(31)32/h1-2,4-7,16-18,20,22H,3,8-15H2,(H,31,32)/t20-,22-/m0/s1. The Labute approximate surface area is 203 Å². The van der Waals surface area contributed by atoms with Crippen LogP contribution in [0.4, 0.5) is 4.39 Å². The smallest absolute Gasteiger partial charge is 0.303 e. The first-order valence-corrected chi connectivity index (χ1v) is 12.7. The van der Waals surface area contributed by atoms with Crippen LogP contribution in [0.1, 0.15) is 50.0 Å². The molecule has 182 valence electrons. The molecule has 1 aliphatic rings. The van der Waals surface area contributed by atoms with Gasteiger partial charge in [0, 0.05) is 43.2 Å². The predicted molar refractivity (Wildman–Crippen MR) is 130 cm³/mol. The van der Waals surface area contributed by atoms with Crippen LogP contribution in [-0.2, 0) is 14.4 Å². The topological polar surface area (TPSA) is 83.9 Å². The van der Waals surface area contributed by atoms with Crippen LogP contribution in [-0.4, -0.2) is 52.3 Å². The van der Waals surface area contributed by atoms with Crippen LogP contribution < -0.4 is 4.74 Å². The van der Waals surface area contributed by atoms with Crippen molar-refractivity contribution in [2.24, 2.45) is 0 Å². The third-order valence-electron chi connectivity index (χ3n) is 5.90. The van der Waals surface area contributed by atoms with Crippen LogP contribution in [0, 0.1) is 5.82 Å². The number of halogens is 1. The number of amides is 1. The third-order valence-corrected chi connectivity index (χ3v) is 6.95. The highest BCUT2D eigenvalue weighted by atomic mass is 32.2. The number of carbonyl (C=O) groups excluding carboxylic acids is 2. The molecule has 2 aromatic rings. The van der Waals surface area contributed by atoms with Gasteiger partial charge in [-0.1, -0.05) is 18.2 Å². The molecule has 8 heteroatoms. The Kier molecular flexibility index (Phi) is 9.94. The molecule has 0 bridgehead atoms. The monoisotopic (exact) mass is 487 g/mol. The van der Waals surface area contributed by atoms with Crippen LogP contribution in [0.2, 0.25) is 0 Å². The number of hydrogen-bond acceptors (Lipinski definition) is 5. The normalized spacial score (nSPS) is 16.4. The van der Waals surface area contributed by atoms with Gasteiger partial charge >= 0.3 is 5.97 Å². The molecule has 0 saturated carbocycles. The van der Waals surface area contributed by atoms with E-state index < -0.39 is 5.97 Å². The summed E-state index contributed by atoms with van der Waals surface area (Å²) >= 11 is 1.66. The zero-order valence-electron chi connectivity index (χ0n) is 19.0. The summed E-state index contributed by atoms with van der Waals surface area (Å²) in [6.45, 7) is 0.643. The molecular weight excluding hydrogens is 457 g/mol. The number of hydrogen-bond donors (Lipinski definition) is 1. The number of carboxylic acid groups (broad SMARTS) is 1. The fraction of sp³-hybridized carbons (Fsp3) is 0.423. The largest absolute Gasteiger partial charge is 0.481 e. The predicted octanol–water partition coefficient (Wildman–Crippen LogP) is 5.27. The van der Waals surface area contributed by atoms with Gasteiger partial charge in [0.2, 0.25) is 5.91 Å². The van der Waals surface area contributed by atoms with Gasteiger partial charge in [-0.05, 0) is 61.3 Å². The number of carbonyl (C=O) groups is 3. The van der Waals surface area contributed by atoms with Crippen LogP contribution in [0.3, 0.4) is 0 Å². The van der Waals surface area contributed by atoms with Gasteiger partial charge in [0.05, 0.1) is 0 Å². The molecule has 1 heterocycles. The van der Waals surface area contributed by atoms with E-state index in [1.54, 1.807) is 36.0 Å². The molecule has 0 aromatic heterocycles. The summed E-state index contributed by atoms with van der Waals surface area (Å²) in [5.74, 6) is 1.12. The molecule has 1 saturated heterocycles. The maximum atomic E-state index is 13.4. The summed E-state index contributed by atoms with van der Waals surface area (Å²) in [5, 5.41) is 8.70. The Balaban J connectivity index is 1.52. The molecule has 2 atom stereocenters. The highest BCUT2D eigenvalue weighted by Gasteiger charge is 2.30. The minimum Gasteiger partial charge on any atom is -0.481 e. The van der Waals surface area contributed by atoms with Crippen molar-refractivity contribution in [1.29, 1.82) is 0 Å². The molecule has 34 heavy (non-hydrogen) atoms. The number of likely N-dealkylation sites (tertiary alicyclic amines) is 1. The number of aliphatic carboxylic acids is 1. The summed E-state index contributed by atoms with van der Waals surface area (Å²) in [6.07, 6.45) is 4.38. The average Bonchev–Trinajstić information content (AvgIpc) is 3.16. The molecule has 6 nitrogen and oxygen atoms in total. The fourth-order valence-electron chi connectivity index (χ4n) is 4.15. The van der Waals surface area contributed by atoms with Gasteiger partial charge in [0.1, 0.15) is 23.6 Å². The van der Waals surface area contributed by atoms with E-state index in [1.165, 1.54) is 12.1 Å². The number of rotatable bonds is 14. The third kappa shape index (κ3) is 7.87. The van der Waals surface area contributed by atoms with Gasteiger partial charge in [-0.25, -0.2) is 4.39 Å². The molecule has 0 spiro atoms. The maximum Gasteiger partial charge on any atom is 0.303 e. The zero-order valence-corrected chi connectivity index (χ0v) is 19.8. The highest BCUT2D eigenvalue weighted by Crippen LogP contribution is 2.30. The lowest BCUT2D eigenvalue weighted by molar-refractivity contribution is -0.137. The molecule has 0 unspecified atom stereocenters. The van der Waals surface area contributed by atoms with E-state index in [9.17, 15) is 18.8 Å². The molecular formula is C26H30FNO5S. The number of ether oxygens (including phenoxy) is 1. The second-order valence-corrected chi connectivity index (χ2v) is 9.57. The van der Waals surface area contributed by atoms with E-state index in [1.807, 2.05) is 17.0 Å². The molecule has 0 aliphatic carbocycles. The zero-order chi connectivity index (χ0) is 24.3. The summed E-state index contributed by atoms with van der Waals surface area (Å²) in [7, 11) is 0.